The Morgan fingerprint density at radius 3 is 3.00 bits per heavy atom. The average Bonchev–Trinajstić information content (AvgIpc) is 2.49. The SMILES string of the molecule is CC1(C)CC1c1cn2ncsc2n1. The zero-order chi connectivity index (χ0) is 9.05. The molecule has 4 heteroatoms. The number of rotatable bonds is 1. The summed E-state index contributed by atoms with van der Waals surface area (Å²) in [7, 11) is 0. The molecule has 0 radical (unpaired) electrons. The number of nitrogens with zero attached hydrogens (tertiary/aromatic N) is 3. The van der Waals surface area contributed by atoms with Crippen LogP contribution in [0.25, 0.3) is 4.96 Å². The van der Waals surface area contributed by atoms with Crippen molar-refractivity contribution in [3.63, 3.8) is 0 Å². The van der Waals surface area contributed by atoms with Crippen LogP contribution in [0.4, 0.5) is 0 Å². The molecule has 3 nitrogen and oxygen atoms in total. The molecule has 0 saturated heterocycles. The lowest BCUT2D eigenvalue weighted by Gasteiger charge is -1.97. The van der Waals surface area contributed by atoms with E-state index in [2.05, 4.69) is 30.1 Å². The molecular weight excluding hydrogens is 182 g/mol. The first kappa shape index (κ1) is 7.50. The first-order valence-electron chi connectivity index (χ1n) is 4.45. The molecule has 2 heterocycles. The lowest BCUT2D eigenvalue weighted by Crippen LogP contribution is -1.89. The largest absolute Gasteiger partial charge is 0.222 e. The highest BCUT2D eigenvalue weighted by Crippen LogP contribution is 2.58. The van der Waals surface area contributed by atoms with Gasteiger partial charge < -0.3 is 0 Å². The molecular formula is C9H11N3S. The second-order valence-corrected chi connectivity index (χ2v) is 5.19. The predicted molar refractivity (Wildman–Crippen MR) is 52.0 cm³/mol. The summed E-state index contributed by atoms with van der Waals surface area (Å²) in [5.74, 6) is 0.654. The molecule has 0 spiro atoms. The maximum atomic E-state index is 4.55. The van der Waals surface area contributed by atoms with Gasteiger partial charge in [0.05, 0.1) is 11.9 Å². The van der Waals surface area contributed by atoms with Crippen LogP contribution >= 0.6 is 11.3 Å². The molecule has 1 saturated carbocycles. The summed E-state index contributed by atoms with van der Waals surface area (Å²) in [6.07, 6.45) is 3.32. The van der Waals surface area contributed by atoms with E-state index in [0.29, 0.717) is 11.3 Å². The summed E-state index contributed by atoms with van der Waals surface area (Å²) in [6.45, 7) is 4.58. The van der Waals surface area contributed by atoms with Crippen molar-refractivity contribution in [3.05, 3.63) is 17.4 Å². The molecule has 2 aromatic heterocycles. The Morgan fingerprint density at radius 1 is 1.62 bits per heavy atom. The van der Waals surface area contributed by atoms with E-state index in [1.807, 2.05) is 10.0 Å². The Labute approximate surface area is 80.4 Å². The van der Waals surface area contributed by atoms with Gasteiger partial charge in [0.15, 0.2) is 0 Å². The Hall–Kier alpha value is -0.900. The van der Waals surface area contributed by atoms with E-state index in [9.17, 15) is 0 Å². The van der Waals surface area contributed by atoms with Crippen LogP contribution in [0.3, 0.4) is 0 Å². The molecule has 0 N–H and O–H groups in total. The van der Waals surface area contributed by atoms with Crippen LogP contribution in [0.1, 0.15) is 31.9 Å². The van der Waals surface area contributed by atoms with Crippen LogP contribution in [0.5, 0.6) is 0 Å². The van der Waals surface area contributed by atoms with E-state index in [-0.39, 0.29) is 0 Å². The Balaban J connectivity index is 2.05. The number of hydrogen-bond acceptors (Lipinski definition) is 3. The van der Waals surface area contributed by atoms with Crippen molar-refractivity contribution in [1.82, 2.24) is 14.6 Å². The minimum Gasteiger partial charge on any atom is -0.222 e. The van der Waals surface area contributed by atoms with Gasteiger partial charge in [0.2, 0.25) is 4.96 Å². The minimum atomic E-state index is 0.462. The zero-order valence-electron chi connectivity index (χ0n) is 7.69. The molecule has 1 unspecified atom stereocenters. The summed E-state index contributed by atoms with van der Waals surface area (Å²) in [4.78, 5) is 5.56. The number of fused-ring (bicyclic) bond motifs is 1. The van der Waals surface area contributed by atoms with Crippen molar-refractivity contribution in [2.24, 2.45) is 5.41 Å². The number of aromatic nitrogens is 3. The Morgan fingerprint density at radius 2 is 2.38 bits per heavy atom. The summed E-state index contributed by atoms with van der Waals surface area (Å²) in [5.41, 5.74) is 3.50. The fourth-order valence-electron chi connectivity index (χ4n) is 1.80. The molecule has 2 aromatic rings. The number of hydrogen-bond donors (Lipinski definition) is 0. The highest BCUT2D eigenvalue weighted by molar-refractivity contribution is 7.14. The van der Waals surface area contributed by atoms with Crippen LogP contribution in [0.15, 0.2) is 11.7 Å². The van der Waals surface area contributed by atoms with E-state index in [0.717, 1.165) is 4.96 Å². The van der Waals surface area contributed by atoms with Gasteiger partial charge in [-0.3, -0.25) is 0 Å². The van der Waals surface area contributed by atoms with Crippen LogP contribution in [0, 0.1) is 5.41 Å². The summed E-state index contributed by atoms with van der Waals surface area (Å²) < 4.78 is 1.87. The first-order chi connectivity index (χ1) is 6.17. The third-order valence-corrected chi connectivity index (χ3v) is 3.56. The summed E-state index contributed by atoms with van der Waals surface area (Å²) in [6, 6.07) is 0. The molecule has 1 atom stereocenters. The number of imidazole rings is 1. The van der Waals surface area contributed by atoms with E-state index in [1.165, 1.54) is 12.1 Å². The molecule has 1 aliphatic rings. The lowest BCUT2D eigenvalue weighted by molar-refractivity contribution is 0.617. The molecule has 0 aromatic carbocycles. The van der Waals surface area contributed by atoms with Crippen molar-refractivity contribution in [2.45, 2.75) is 26.2 Å². The standard InChI is InChI=1S/C9H11N3S/c1-9(2)3-6(9)7-4-12-8(11-7)13-5-10-12/h4-6H,3H2,1-2H3. The van der Waals surface area contributed by atoms with Crippen molar-refractivity contribution in [2.75, 3.05) is 0 Å². The predicted octanol–water partition coefficient (Wildman–Crippen LogP) is 2.30. The van der Waals surface area contributed by atoms with Crippen molar-refractivity contribution < 1.29 is 0 Å². The maximum Gasteiger partial charge on any atom is 0.212 e. The maximum absolute atomic E-state index is 4.55. The molecule has 0 amide bonds. The topological polar surface area (TPSA) is 30.2 Å². The van der Waals surface area contributed by atoms with Gasteiger partial charge in [-0.15, -0.1) is 0 Å². The van der Waals surface area contributed by atoms with E-state index >= 15 is 0 Å². The van der Waals surface area contributed by atoms with Crippen molar-refractivity contribution in [3.8, 4) is 0 Å². The van der Waals surface area contributed by atoms with Gasteiger partial charge in [0, 0.05) is 5.92 Å². The Bertz CT molecular complexity index is 426. The quantitative estimate of drug-likeness (QED) is 0.695. The minimum absolute atomic E-state index is 0.462. The molecule has 13 heavy (non-hydrogen) atoms. The summed E-state index contributed by atoms with van der Waals surface area (Å²) in [5, 5.41) is 4.17. The highest BCUT2D eigenvalue weighted by Gasteiger charge is 2.48. The van der Waals surface area contributed by atoms with Gasteiger partial charge in [0.25, 0.3) is 0 Å². The van der Waals surface area contributed by atoms with Gasteiger partial charge >= 0.3 is 0 Å². The molecule has 1 fully saturated rings. The highest BCUT2D eigenvalue weighted by atomic mass is 32.1. The zero-order valence-corrected chi connectivity index (χ0v) is 8.51. The van der Waals surface area contributed by atoms with Crippen molar-refractivity contribution in [1.29, 1.82) is 0 Å². The second kappa shape index (κ2) is 2.12. The average molecular weight is 193 g/mol. The van der Waals surface area contributed by atoms with E-state index in [4.69, 9.17) is 0 Å². The first-order valence-corrected chi connectivity index (χ1v) is 5.33. The van der Waals surface area contributed by atoms with E-state index < -0.39 is 0 Å². The normalized spacial score (nSPS) is 25.2. The van der Waals surface area contributed by atoms with Gasteiger partial charge in [-0.05, 0) is 11.8 Å². The molecule has 1 aliphatic carbocycles. The van der Waals surface area contributed by atoms with Gasteiger partial charge in [-0.25, -0.2) is 9.50 Å². The van der Waals surface area contributed by atoms with Crippen LogP contribution < -0.4 is 0 Å². The van der Waals surface area contributed by atoms with E-state index in [1.54, 1.807) is 11.3 Å². The monoisotopic (exact) mass is 193 g/mol. The van der Waals surface area contributed by atoms with Gasteiger partial charge in [0.1, 0.15) is 5.51 Å². The Kier molecular flexibility index (Phi) is 1.22. The second-order valence-electron chi connectivity index (χ2n) is 4.38. The third kappa shape index (κ3) is 1.01. The van der Waals surface area contributed by atoms with Crippen molar-refractivity contribution >= 4 is 16.3 Å². The molecule has 0 bridgehead atoms. The van der Waals surface area contributed by atoms with Crippen LogP contribution in [0.2, 0.25) is 0 Å². The fourth-order valence-corrected chi connectivity index (χ4v) is 2.40. The summed E-state index contributed by atoms with van der Waals surface area (Å²) >= 11 is 1.59. The molecule has 0 aliphatic heterocycles. The van der Waals surface area contributed by atoms with Crippen LogP contribution in [-0.2, 0) is 0 Å². The lowest BCUT2D eigenvalue weighted by atomic mass is 10.1. The third-order valence-electron chi connectivity index (χ3n) is 2.88. The fraction of sp³-hybridized carbons (Fsp3) is 0.556. The van der Waals surface area contributed by atoms with Gasteiger partial charge in [-0.2, -0.15) is 5.10 Å². The molecule has 3 rings (SSSR count). The van der Waals surface area contributed by atoms with Gasteiger partial charge in [-0.1, -0.05) is 25.2 Å². The molecule has 68 valence electrons. The van der Waals surface area contributed by atoms with Crippen LogP contribution in [-0.4, -0.2) is 14.6 Å². The smallest absolute Gasteiger partial charge is 0.212 e.